The predicted octanol–water partition coefficient (Wildman–Crippen LogP) is 3.14. The lowest BCUT2D eigenvalue weighted by Crippen LogP contribution is -2.22. The van der Waals surface area contributed by atoms with Gasteiger partial charge in [0.15, 0.2) is 0 Å². The summed E-state index contributed by atoms with van der Waals surface area (Å²) >= 11 is 0. The molecule has 1 heterocycles. The largest absolute Gasteiger partial charge is 0.348 e. The molecule has 2 rings (SSSR count). The quantitative estimate of drug-likeness (QED) is 0.910. The second-order valence-electron chi connectivity index (χ2n) is 4.82. The van der Waals surface area contributed by atoms with Gasteiger partial charge in [-0.15, -0.1) is 0 Å². The molecule has 0 saturated carbocycles. The summed E-state index contributed by atoms with van der Waals surface area (Å²) in [6, 6.07) is 11.5. The molecule has 1 aromatic carbocycles. The molecule has 1 N–H and O–H groups in total. The number of carbonyl (C=O) groups excluding carboxylic acids is 1. The van der Waals surface area contributed by atoms with Crippen LogP contribution in [0, 0.1) is 0 Å². The Hall–Kier alpha value is -2.16. The van der Waals surface area contributed by atoms with Crippen LogP contribution in [-0.2, 0) is 6.54 Å². The molecule has 0 bridgehead atoms. The number of nitrogens with zero attached hydrogens (tertiary/aromatic N) is 1. The van der Waals surface area contributed by atoms with E-state index in [9.17, 15) is 4.79 Å². The Labute approximate surface area is 113 Å². The summed E-state index contributed by atoms with van der Waals surface area (Å²) < 4.78 is 0. The first-order valence-electron chi connectivity index (χ1n) is 6.44. The van der Waals surface area contributed by atoms with E-state index in [0.29, 0.717) is 18.0 Å². The number of hydrogen-bond acceptors (Lipinski definition) is 2. The van der Waals surface area contributed by atoms with Gasteiger partial charge in [0.05, 0.1) is 0 Å². The van der Waals surface area contributed by atoms with E-state index in [-0.39, 0.29) is 5.91 Å². The minimum absolute atomic E-state index is 0.0563. The van der Waals surface area contributed by atoms with Crippen molar-refractivity contribution in [3.63, 3.8) is 0 Å². The number of amides is 1. The van der Waals surface area contributed by atoms with E-state index in [1.807, 2.05) is 36.4 Å². The average Bonchev–Trinajstić information content (AvgIpc) is 2.46. The number of benzene rings is 1. The molecule has 0 atom stereocenters. The van der Waals surface area contributed by atoms with Crippen LogP contribution in [-0.4, -0.2) is 10.9 Å². The van der Waals surface area contributed by atoms with E-state index in [0.717, 1.165) is 5.56 Å². The molecule has 19 heavy (non-hydrogen) atoms. The first-order chi connectivity index (χ1) is 9.16. The van der Waals surface area contributed by atoms with Gasteiger partial charge >= 0.3 is 0 Å². The van der Waals surface area contributed by atoms with E-state index in [2.05, 4.69) is 24.1 Å². The monoisotopic (exact) mass is 254 g/mol. The zero-order valence-corrected chi connectivity index (χ0v) is 11.3. The van der Waals surface area contributed by atoms with Crippen molar-refractivity contribution in [2.24, 2.45) is 0 Å². The Bertz CT molecular complexity index is 532. The zero-order chi connectivity index (χ0) is 13.7. The summed E-state index contributed by atoms with van der Waals surface area (Å²) in [5.74, 6) is 0.423. The molecule has 0 aliphatic heterocycles. The molecule has 0 unspecified atom stereocenters. The lowest BCUT2D eigenvalue weighted by atomic mass is 10.0. The lowest BCUT2D eigenvalue weighted by molar-refractivity contribution is 0.0951. The highest BCUT2D eigenvalue weighted by atomic mass is 16.1. The Kier molecular flexibility index (Phi) is 4.29. The fourth-order valence-electron chi connectivity index (χ4n) is 1.81. The molecule has 0 saturated heterocycles. The van der Waals surface area contributed by atoms with Gasteiger partial charge in [-0.2, -0.15) is 0 Å². The second-order valence-corrected chi connectivity index (χ2v) is 4.82. The van der Waals surface area contributed by atoms with E-state index >= 15 is 0 Å². The average molecular weight is 254 g/mol. The smallest absolute Gasteiger partial charge is 0.251 e. The third kappa shape index (κ3) is 3.65. The van der Waals surface area contributed by atoms with Crippen molar-refractivity contribution < 1.29 is 4.79 Å². The van der Waals surface area contributed by atoms with E-state index in [1.165, 1.54) is 5.56 Å². The highest BCUT2D eigenvalue weighted by Crippen LogP contribution is 2.14. The fourth-order valence-corrected chi connectivity index (χ4v) is 1.81. The van der Waals surface area contributed by atoms with Gasteiger partial charge in [0.2, 0.25) is 0 Å². The van der Waals surface area contributed by atoms with Gasteiger partial charge in [-0.3, -0.25) is 9.78 Å². The molecule has 0 aliphatic rings. The van der Waals surface area contributed by atoms with E-state index in [4.69, 9.17) is 0 Å². The summed E-state index contributed by atoms with van der Waals surface area (Å²) in [7, 11) is 0. The summed E-state index contributed by atoms with van der Waals surface area (Å²) in [4.78, 5) is 16.0. The van der Waals surface area contributed by atoms with Crippen molar-refractivity contribution >= 4 is 5.91 Å². The highest BCUT2D eigenvalue weighted by molar-refractivity contribution is 5.94. The number of aromatic nitrogens is 1. The van der Waals surface area contributed by atoms with Crippen LogP contribution in [0.4, 0.5) is 0 Å². The third-order valence-electron chi connectivity index (χ3n) is 3.02. The van der Waals surface area contributed by atoms with Crippen LogP contribution in [0.15, 0.2) is 48.8 Å². The molecule has 1 amide bonds. The van der Waals surface area contributed by atoms with Gasteiger partial charge < -0.3 is 5.32 Å². The van der Waals surface area contributed by atoms with Gasteiger partial charge in [0.1, 0.15) is 0 Å². The first-order valence-corrected chi connectivity index (χ1v) is 6.44. The first kappa shape index (κ1) is 13.3. The maximum absolute atomic E-state index is 12.0. The molecule has 98 valence electrons. The Balaban J connectivity index is 1.96. The van der Waals surface area contributed by atoms with Crippen molar-refractivity contribution in [3.05, 3.63) is 65.5 Å². The van der Waals surface area contributed by atoms with E-state index in [1.54, 1.807) is 12.4 Å². The normalized spacial score (nSPS) is 10.5. The van der Waals surface area contributed by atoms with Gasteiger partial charge in [0, 0.05) is 24.5 Å². The molecular weight excluding hydrogens is 236 g/mol. The summed E-state index contributed by atoms with van der Waals surface area (Å²) in [5, 5.41) is 2.88. The van der Waals surface area contributed by atoms with Crippen molar-refractivity contribution in [3.8, 4) is 0 Å². The minimum Gasteiger partial charge on any atom is -0.348 e. The predicted molar refractivity (Wildman–Crippen MR) is 75.9 cm³/mol. The molecule has 1 aromatic heterocycles. The van der Waals surface area contributed by atoms with Crippen LogP contribution in [0.1, 0.15) is 41.3 Å². The van der Waals surface area contributed by atoms with Crippen LogP contribution >= 0.6 is 0 Å². The Morgan fingerprint density at radius 3 is 2.53 bits per heavy atom. The lowest BCUT2D eigenvalue weighted by Gasteiger charge is -2.08. The highest BCUT2D eigenvalue weighted by Gasteiger charge is 2.06. The Morgan fingerprint density at radius 1 is 1.21 bits per heavy atom. The second kappa shape index (κ2) is 6.14. The van der Waals surface area contributed by atoms with Crippen LogP contribution in [0.2, 0.25) is 0 Å². The van der Waals surface area contributed by atoms with Gasteiger partial charge in [-0.05, 0) is 35.2 Å². The molecule has 2 aromatic rings. The fraction of sp³-hybridized carbons (Fsp3) is 0.250. The standard InChI is InChI=1S/C16H18N2O/c1-12(2)14-5-7-15(8-6-14)16(19)18-11-13-4-3-9-17-10-13/h3-10,12H,11H2,1-2H3,(H,18,19). The van der Waals surface area contributed by atoms with Crippen LogP contribution < -0.4 is 5.32 Å². The van der Waals surface area contributed by atoms with Crippen molar-refractivity contribution in [1.82, 2.24) is 10.3 Å². The molecule has 0 radical (unpaired) electrons. The van der Waals surface area contributed by atoms with E-state index < -0.39 is 0 Å². The molecular formula is C16H18N2O. The summed E-state index contributed by atoms with van der Waals surface area (Å²) in [6.45, 7) is 4.77. The third-order valence-corrected chi connectivity index (χ3v) is 3.02. The van der Waals surface area contributed by atoms with Gasteiger partial charge in [-0.25, -0.2) is 0 Å². The molecule has 0 aliphatic carbocycles. The maximum atomic E-state index is 12.0. The zero-order valence-electron chi connectivity index (χ0n) is 11.3. The Morgan fingerprint density at radius 2 is 1.95 bits per heavy atom. The van der Waals surface area contributed by atoms with Crippen molar-refractivity contribution in [2.75, 3.05) is 0 Å². The van der Waals surface area contributed by atoms with Gasteiger partial charge in [-0.1, -0.05) is 32.0 Å². The van der Waals surface area contributed by atoms with Crippen molar-refractivity contribution in [2.45, 2.75) is 26.3 Å². The topological polar surface area (TPSA) is 42.0 Å². The van der Waals surface area contributed by atoms with Crippen molar-refractivity contribution in [1.29, 1.82) is 0 Å². The summed E-state index contributed by atoms with van der Waals surface area (Å²) in [5.41, 5.74) is 2.92. The minimum atomic E-state index is -0.0563. The van der Waals surface area contributed by atoms with Gasteiger partial charge in [0.25, 0.3) is 5.91 Å². The molecule has 0 fully saturated rings. The molecule has 3 heteroatoms. The van der Waals surface area contributed by atoms with Crippen LogP contribution in [0.3, 0.4) is 0 Å². The SMILES string of the molecule is CC(C)c1ccc(C(=O)NCc2cccnc2)cc1. The number of nitrogens with one attached hydrogen (secondary N) is 1. The number of pyridine rings is 1. The van der Waals surface area contributed by atoms with Crippen LogP contribution in [0.5, 0.6) is 0 Å². The molecule has 0 spiro atoms. The summed E-state index contributed by atoms with van der Waals surface area (Å²) in [6.07, 6.45) is 3.47. The number of hydrogen-bond donors (Lipinski definition) is 1. The molecule has 3 nitrogen and oxygen atoms in total. The number of carbonyl (C=O) groups is 1. The van der Waals surface area contributed by atoms with Crippen LogP contribution in [0.25, 0.3) is 0 Å². The maximum Gasteiger partial charge on any atom is 0.251 e. The number of rotatable bonds is 4.